The number of hydrogen-bond donors (Lipinski definition) is 0. The second-order valence-electron chi connectivity index (χ2n) is 17.5. The molecule has 1 atom stereocenters. The van der Waals surface area contributed by atoms with E-state index in [1.807, 2.05) is 0 Å². The zero-order valence-electron chi connectivity index (χ0n) is 42.2. The first-order valence-corrected chi connectivity index (χ1v) is 26.8. The van der Waals surface area contributed by atoms with Gasteiger partial charge in [-0.25, -0.2) is 0 Å². The van der Waals surface area contributed by atoms with E-state index in [-0.39, 0.29) is 31.1 Å². The summed E-state index contributed by atoms with van der Waals surface area (Å²) in [5, 5.41) is 0. The van der Waals surface area contributed by atoms with E-state index >= 15 is 0 Å². The summed E-state index contributed by atoms with van der Waals surface area (Å²) in [5.74, 6) is -0.932. The highest BCUT2D eigenvalue weighted by atomic mass is 16.6. The molecule has 65 heavy (non-hydrogen) atoms. The van der Waals surface area contributed by atoms with Crippen molar-refractivity contribution in [3.05, 3.63) is 97.2 Å². The molecule has 0 saturated carbocycles. The zero-order chi connectivity index (χ0) is 47.2. The number of hydrogen-bond acceptors (Lipinski definition) is 6. The van der Waals surface area contributed by atoms with Crippen LogP contribution in [0.3, 0.4) is 0 Å². The number of ether oxygens (including phenoxy) is 3. The Bertz CT molecular complexity index is 1310. The Morgan fingerprint density at radius 1 is 0.338 bits per heavy atom. The van der Waals surface area contributed by atoms with E-state index in [4.69, 9.17) is 14.2 Å². The Hall–Kier alpha value is -3.67. The molecule has 0 aliphatic rings. The fourth-order valence-electron chi connectivity index (χ4n) is 7.15. The van der Waals surface area contributed by atoms with Crippen LogP contribution in [-0.2, 0) is 28.6 Å². The van der Waals surface area contributed by atoms with Crippen LogP contribution in [0.5, 0.6) is 0 Å². The highest BCUT2D eigenvalue weighted by Crippen LogP contribution is 2.14. The van der Waals surface area contributed by atoms with E-state index in [1.165, 1.54) is 83.5 Å². The van der Waals surface area contributed by atoms with Crippen LogP contribution < -0.4 is 0 Å². The van der Waals surface area contributed by atoms with Crippen molar-refractivity contribution in [2.24, 2.45) is 0 Å². The standard InChI is InChI=1S/C59H98O6/c1-4-7-10-13-16-19-22-25-27-28-29-30-32-34-37-40-43-46-49-52-58(61)64-55-56(54-63-57(60)51-48-45-42-39-36-33-24-21-18-15-12-9-6-3)65-59(62)53-50-47-44-41-38-35-31-26-23-20-17-14-11-8-5-2/h7,9-10,12,15-21,23-27,56H,4-6,8,11,13-14,22,28-55H2,1-3H3/b10-7-,12-9-,18-15-,19-16-,20-17-,24-21-,26-23-,27-25-. The fraction of sp³-hybridized carbons (Fsp3) is 0.678. The lowest BCUT2D eigenvalue weighted by Gasteiger charge is -2.18. The van der Waals surface area contributed by atoms with Gasteiger partial charge in [-0.1, -0.05) is 221 Å². The molecule has 370 valence electrons. The van der Waals surface area contributed by atoms with Gasteiger partial charge < -0.3 is 14.2 Å². The van der Waals surface area contributed by atoms with E-state index in [0.29, 0.717) is 19.3 Å². The minimum atomic E-state index is -0.795. The van der Waals surface area contributed by atoms with Crippen molar-refractivity contribution >= 4 is 17.9 Å². The van der Waals surface area contributed by atoms with Crippen molar-refractivity contribution in [2.75, 3.05) is 13.2 Å². The van der Waals surface area contributed by atoms with Crippen LogP contribution in [0, 0.1) is 0 Å². The number of carbonyl (C=O) groups is 3. The smallest absolute Gasteiger partial charge is 0.306 e. The molecule has 0 rings (SSSR count). The van der Waals surface area contributed by atoms with Crippen LogP contribution in [0.25, 0.3) is 0 Å². The van der Waals surface area contributed by atoms with Gasteiger partial charge in [-0.15, -0.1) is 0 Å². The average Bonchev–Trinajstić information content (AvgIpc) is 3.30. The predicted molar refractivity (Wildman–Crippen MR) is 279 cm³/mol. The molecule has 0 spiro atoms. The van der Waals surface area contributed by atoms with Crippen LogP contribution in [0.4, 0.5) is 0 Å². The summed E-state index contributed by atoms with van der Waals surface area (Å²) in [6.45, 7) is 6.33. The van der Waals surface area contributed by atoms with E-state index < -0.39 is 6.10 Å². The molecule has 0 N–H and O–H groups in total. The largest absolute Gasteiger partial charge is 0.462 e. The summed E-state index contributed by atoms with van der Waals surface area (Å²) in [4.78, 5) is 38.0. The van der Waals surface area contributed by atoms with E-state index in [1.54, 1.807) is 0 Å². The van der Waals surface area contributed by atoms with Crippen LogP contribution in [0.1, 0.15) is 239 Å². The van der Waals surface area contributed by atoms with Gasteiger partial charge in [-0.2, -0.15) is 0 Å². The minimum absolute atomic E-state index is 0.0929. The van der Waals surface area contributed by atoms with Crippen molar-refractivity contribution in [1.82, 2.24) is 0 Å². The third-order valence-electron chi connectivity index (χ3n) is 11.1. The minimum Gasteiger partial charge on any atom is -0.462 e. The number of carbonyl (C=O) groups excluding carboxylic acids is 3. The summed E-state index contributed by atoms with van der Waals surface area (Å²) in [5.41, 5.74) is 0. The summed E-state index contributed by atoms with van der Waals surface area (Å²) < 4.78 is 16.8. The van der Waals surface area contributed by atoms with E-state index in [9.17, 15) is 14.4 Å². The van der Waals surface area contributed by atoms with Crippen molar-refractivity contribution in [3.63, 3.8) is 0 Å². The van der Waals surface area contributed by atoms with Crippen molar-refractivity contribution < 1.29 is 28.6 Å². The lowest BCUT2D eigenvalue weighted by molar-refractivity contribution is -0.167. The first-order chi connectivity index (χ1) is 32.0. The van der Waals surface area contributed by atoms with Crippen LogP contribution >= 0.6 is 0 Å². The molecule has 0 aromatic carbocycles. The molecule has 6 heteroatoms. The molecule has 1 unspecified atom stereocenters. The Kier molecular flexibility index (Phi) is 50.0. The molecule has 0 aliphatic carbocycles. The van der Waals surface area contributed by atoms with Crippen molar-refractivity contribution in [3.8, 4) is 0 Å². The summed E-state index contributed by atoms with van der Waals surface area (Å²) in [7, 11) is 0. The lowest BCUT2D eigenvalue weighted by atomic mass is 10.1. The maximum absolute atomic E-state index is 12.8. The van der Waals surface area contributed by atoms with Gasteiger partial charge in [0.2, 0.25) is 0 Å². The number of unbranched alkanes of at least 4 members (excludes halogenated alkanes) is 23. The van der Waals surface area contributed by atoms with Crippen LogP contribution in [0.2, 0.25) is 0 Å². The SMILES string of the molecule is CC\C=C/C=C\C=C/CCCCCCCC(=O)OCC(COC(=O)CCCCCCCCCCC/C=C\C/C=C\C/C=C\CC)OC(=O)CCCCCCCC/C=C\C=C/CCCCC. The third-order valence-corrected chi connectivity index (χ3v) is 11.1. The monoisotopic (exact) mass is 903 g/mol. The summed E-state index contributed by atoms with van der Waals surface area (Å²) in [6, 6.07) is 0. The molecular weight excluding hydrogens is 805 g/mol. The molecule has 0 bridgehead atoms. The van der Waals surface area contributed by atoms with Gasteiger partial charge in [0, 0.05) is 19.3 Å². The number of esters is 3. The fourth-order valence-corrected chi connectivity index (χ4v) is 7.15. The van der Waals surface area contributed by atoms with Gasteiger partial charge in [0.25, 0.3) is 0 Å². The number of rotatable bonds is 47. The van der Waals surface area contributed by atoms with E-state index in [0.717, 1.165) is 116 Å². The number of allylic oxidation sites excluding steroid dienone is 16. The molecule has 0 amide bonds. The second-order valence-corrected chi connectivity index (χ2v) is 17.5. The van der Waals surface area contributed by atoms with Gasteiger partial charge in [-0.05, 0) is 96.3 Å². The maximum atomic E-state index is 12.8. The zero-order valence-corrected chi connectivity index (χ0v) is 42.2. The molecule has 0 saturated heterocycles. The maximum Gasteiger partial charge on any atom is 0.306 e. The highest BCUT2D eigenvalue weighted by molar-refractivity contribution is 5.71. The van der Waals surface area contributed by atoms with Crippen molar-refractivity contribution in [1.29, 1.82) is 0 Å². The van der Waals surface area contributed by atoms with Gasteiger partial charge in [-0.3, -0.25) is 14.4 Å². The molecule has 0 aromatic heterocycles. The molecule has 0 fully saturated rings. The normalized spacial score (nSPS) is 12.8. The van der Waals surface area contributed by atoms with Crippen LogP contribution in [-0.4, -0.2) is 37.2 Å². The Morgan fingerprint density at radius 2 is 0.677 bits per heavy atom. The lowest BCUT2D eigenvalue weighted by Crippen LogP contribution is -2.30. The van der Waals surface area contributed by atoms with Crippen molar-refractivity contribution in [2.45, 2.75) is 245 Å². The summed E-state index contributed by atoms with van der Waals surface area (Å²) >= 11 is 0. The first kappa shape index (κ1) is 61.3. The quantitative estimate of drug-likeness (QED) is 0.0199. The van der Waals surface area contributed by atoms with Gasteiger partial charge >= 0.3 is 17.9 Å². The Labute approximate surface area is 400 Å². The Balaban J connectivity index is 4.41. The third kappa shape index (κ3) is 51.2. The van der Waals surface area contributed by atoms with Crippen LogP contribution in [0.15, 0.2) is 97.2 Å². The van der Waals surface area contributed by atoms with E-state index in [2.05, 4.69) is 118 Å². The second kappa shape index (κ2) is 52.9. The topological polar surface area (TPSA) is 78.9 Å². The van der Waals surface area contributed by atoms with Gasteiger partial charge in [0.15, 0.2) is 6.10 Å². The molecule has 0 aromatic rings. The Morgan fingerprint density at radius 3 is 1.12 bits per heavy atom. The molecule has 0 aliphatic heterocycles. The summed E-state index contributed by atoms with van der Waals surface area (Å²) in [6.07, 6.45) is 69.6. The average molecular weight is 903 g/mol. The molecule has 0 radical (unpaired) electrons. The van der Waals surface area contributed by atoms with Gasteiger partial charge in [0.1, 0.15) is 13.2 Å². The first-order valence-electron chi connectivity index (χ1n) is 26.8. The molecule has 6 nitrogen and oxygen atoms in total. The molecule has 0 heterocycles. The highest BCUT2D eigenvalue weighted by Gasteiger charge is 2.19. The predicted octanol–water partition coefficient (Wildman–Crippen LogP) is 17.8. The van der Waals surface area contributed by atoms with Gasteiger partial charge in [0.05, 0.1) is 0 Å². The molecular formula is C59H98O6.